The lowest BCUT2D eigenvalue weighted by Gasteiger charge is -2.21. The van der Waals surface area contributed by atoms with Crippen LogP contribution in [0.4, 0.5) is 5.69 Å². The molecule has 0 bridgehead atoms. The topological polar surface area (TPSA) is 84.2 Å². The lowest BCUT2D eigenvalue weighted by molar-refractivity contribution is -0.116. The van der Waals surface area contributed by atoms with Crippen LogP contribution in [0, 0.1) is 0 Å². The number of nitrogens with one attached hydrogen (secondary N) is 2. The van der Waals surface area contributed by atoms with E-state index in [4.69, 9.17) is 5.73 Å². The molecule has 25 heavy (non-hydrogen) atoms. The van der Waals surface area contributed by atoms with Gasteiger partial charge in [-0.05, 0) is 38.5 Å². The molecule has 5 nitrogen and oxygen atoms in total. The van der Waals surface area contributed by atoms with Crippen molar-refractivity contribution < 1.29 is 9.59 Å². The Balaban J connectivity index is 2.07. The van der Waals surface area contributed by atoms with E-state index in [0.717, 1.165) is 5.56 Å². The van der Waals surface area contributed by atoms with Crippen molar-refractivity contribution in [1.82, 2.24) is 5.32 Å². The first-order valence-electron chi connectivity index (χ1n) is 8.28. The molecule has 0 spiro atoms. The average Bonchev–Trinajstić information content (AvgIpc) is 2.54. The Kier molecular flexibility index (Phi) is 5.93. The second kappa shape index (κ2) is 7.94. The summed E-state index contributed by atoms with van der Waals surface area (Å²) in [6, 6.07) is 16.0. The second-order valence-corrected chi connectivity index (χ2v) is 7.02. The lowest BCUT2D eigenvalue weighted by Crippen LogP contribution is -2.40. The molecule has 1 atom stereocenters. The van der Waals surface area contributed by atoms with Crippen LogP contribution in [0.15, 0.2) is 54.6 Å². The molecule has 0 heterocycles. The molecule has 0 aliphatic rings. The number of para-hydroxylation sites is 1. The van der Waals surface area contributed by atoms with Crippen molar-refractivity contribution in [3.63, 3.8) is 0 Å². The number of amides is 2. The molecule has 0 aliphatic heterocycles. The highest BCUT2D eigenvalue weighted by molar-refractivity contribution is 6.04. The first kappa shape index (κ1) is 18.7. The molecular formula is C20H25N3O2. The highest BCUT2D eigenvalue weighted by Gasteiger charge is 2.19. The van der Waals surface area contributed by atoms with Crippen molar-refractivity contribution in [2.45, 2.75) is 38.8 Å². The van der Waals surface area contributed by atoms with Gasteiger partial charge in [0.05, 0.1) is 11.3 Å². The van der Waals surface area contributed by atoms with E-state index >= 15 is 0 Å². The summed E-state index contributed by atoms with van der Waals surface area (Å²) in [6.45, 7) is 5.72. The van der Waals surface area contributed by atoms with Gasteiger partial charge in [0, 0.05) is 18.0 Å². The van der Waals surface area contributed by atoms with Gasteiger partial charge in [0.2, 0.25) is 5.91 Å². The molecule has 4 N–H and O–H groups in total. The maximum absolute atomic E-state index is 12.4. The summed E-state index contributed by atoms with van der Waals surface area (Å²) < 4.78 is 0. The maximum Gasteiger partial charge on any atom is 0.253 e. The van der Waals surface area contributed by atoms with Crippen LogP contribution in [-0.4, -0.2) is 17.4 Å². The van der Waals surface area contributed by atoms with Crippen LogP contribution in [0.3, 0.4) is 0 Å². The van der Waals surface area contributed by atoms with E-state index in [-0.39, 0.29) is 23.8 Å². The predicted octanol–water partition coefficient (Wildman–Crippen LogP) is 3.24. The maximum atomic E-state index is 12.4. The van der Waals surface area contributed by atoms with Crippen molar-refractivity contribution in [2.24, 2.45) is 5.73 Å². The van der Waals surface area contributed by atoms with Gasteiger partial charge in [0.1, 0.15) is 0 Å². The summed E-state index contributed by atoms with van der Waals surface area (Å²) >= 11 is 0. The van der Waals surface area contributed by atoms with E-state index in [0.29, 0.717) is 11.3 Å². The largest absolute Gasteiger partial charge is 0.347 e. The third-order valence-corrected chi connectivity index (χ3v) is 3.57. The third kappa shape index (κ3) is 5.72. The average molecular weight is 339 g/mol. The number of rotatable bonds is 5. The van der Waals surface area contributed by atoms with E-state index in [2.05, 4.69) is 10.6 Å². The molecule has 5 heteroatoms. The van der Waals surface area contributed by atoms with Gasteiger partial charge in [0.25, 0.3) is 5.91 Å². The summed E-state index contributed by atoms with van der Waals surface area (Å²) in [5, 5.41) is 5.70. The number of hydrogen-bond acceptors (Lipinski definition) is 3. The van der Waals surface area contributed by atoms with Crippen LogP contribution in [0.5, 0.6) is 0 Å². The Morgan fingerprint density at radius 2 is 1.60 bits per heavy atom. The zero-order chi connectivity index (χ0) is 18.4. The molecule has 0 saturated carbocycles. The number of carbonyl (C=O) groups is 2. The van der Waals surface area contributed by atoms with Crippen LogP contribution < -0.4 is 16.4 Å². The van der Waals surface area contributed by atoms with E-state index in [1.54, 1.807) is 24.3 Å². The van der Waals surface area contributed by atoms with Crippen molar-refractivity contribution in [3.05, 3.63) is 65.7 Å². The normalized spacial score (nSPS) is 12.3. The van der Waals surface area contributed by atoms with Gasteiger partial charge in [-0.2, -0.15) is 0 Å². The Labute approximate surface area is 148 Å². The number of nitrogens with two attached hydrogens (primary N) is 1. The third-order valence-electron chi connectivity index (χ3n) is 3.57. The summed E-state index contributed by atoms with van der Waals surface area (Å²) in [5.74, 6) is -0.455. The van der Waals surface area contributed by atoms with E-state index < -0.39 is 6.04 Å². The molecular weight excluding hydrogens is 314 g/mol. The highest BCUT2D eigenvalue weighted by atomic mass is 16.2. The first-order chi connectivity index (χ1) is 11.8. The molecule has 0 aliphatic carbocycles. The molecule has 2 aromatic rings. The van der Waals surface area contributed by atoms with Gasteiger partial charge in [-0.1, -0.05) is 42.5 Å². The molecule has 0 radical (unpaired) electrons. The molecule has 0 aromatic heterocycles. The van der Waals surface area contributed by atoms with Crippen LogP contribution in [-0.2, 0) is 4.79 Å². The van der Waals surface area contributed by atoms with E-state index in [1.165, 1.54) is 0 Å². The Morgan fingerprint density at radius 3 is 2.24 bits per heavy atom. The minimum absolute atomic E-state index is 0.138. The van der Waals surface area contributed by atoms with Crippen molar-refractivity contribution in [3.8, 4) is 0 Å². The zero-order valence-corrected chi connectivity index (χ0v) is 14.9. The zero-order valence-electron chi connectivity index (χ0n) is 14.9. The number of carbonyl (C=O) groups excluding carboxylic acids is 2. The fraction of sp³-hybridized carbons (Fsp3) is 0.300. The molecule has 2 rings (SSSR count). The van der Waals surface area contributed by atoms with Gasteiger partial charge in [-0.3, -0.25) is 9.59 Å². The summed E-state index contributed by atoms with van der Waals surface area (Å²) in [4.78, 5) is 24.8. The smallest absolute Gasteiger partial charge is 0.253 e. The number of benzene rings is 2. The van der Waals surface area contributed by atoms with Gasteiger partial charge in [-0.25, -0.2) is 0 Å². The molecule has 132 valence electrons. The van der Waals surface area contributed by atoms with Gasteiger partial charge < -0.3 is 16.4 Å². The fourth-order valence-corrected chi connectivity index (χ4v) is 2.42. The standard InChI is InChI=1S/C20H25N3O2/c1-20(2,3)23-19(25)15-11-7-8-12-17(15)22-18(24)13-16(21)14-9-5-4-6-10-14/h4-12,16H,13,21H2,1-3H3,(H,22,24)(H,23,25). The second-order valence-electron chi connectivity index (χ2n) is 7.02. The SMILES string of the molecule is CC(C)(C)NC(=O)c1ccccc1NC(=O)CC(N)c1ccccc1. The minimum Gasteiger partial charge on any atom is -0.347 e. The van der Waals surface area contributed by atoms with Gasteiger partial charge in [-0.15, -0.1) is 0 Å². The monoisotopic (exact) mass is 339 g/mol. The summed E-state index contributed by atoms with van der Waals surface area (Å²) in [7, 11) is 0. The molecule has 0 fully saturated rings. The minimum atomic E-state index is -0.392. The van der Waals surface area contributed by atoms with Gasteiger partial charge >= 0.3 is 0 Å². The molecule has 2 aromatic carbocycles. The summed E-state index contributed by atoms with van der Waals surface area (Å²) in [5.41, 5.74) is 7.54. The fourth-order valence-electron chi connectivity index (χ4n) is 2.42. The van der Waals surface area contributed by atoms with Crippen LogP contribution >= 0.6 is 0 Å². The van der Waals surface area contributed by atoms with E-state index in [9.17, 15) is 9.59 Å². The molecule has 2 amide bonds. The van der Waals surface area contributed by atoms with Crippen molar-refractivity contribution >= 4 is 17.5 Å². The lowest BCUT2D eigenvalue weighted by atomic mass is 10.0. The highest BCUT2D eigenvalue weighted by Crippen LogP contribution is 2.19. The number of anilines is 1. The molecule has 1 unspecified atom stereocenters. The van der Waals surface area contributed by atoms with Crippen molar-refractivity contribution in [2.75, 3.05) is 5.32 Å². The Hall–Kier alpha value is -2.66. The first-order valence-corrected chi connectivity index (χ1v) is 8.28. The summed E-state index contributed by atoms with van der Waals surface area (Å²) in [6.07, 6.45) is 0.138. The van der Waals surface area contributed by atoms with Crippen LogP contribution in [0.25, 0.3) is 0 Å². The quantitative estimate of drug-likeness (QED) is 0.782. The Morgan fingerprint density at radius 1 is 1.00 bits per heavy atom. The number of hydrogen-bond donors (Lipinski definition) is 3. The van der Waals surface area contributed by atoms with Gasteiger partial charge in [0.15, 0.2) is 0 Å². The van der Waals surface area contributed by atoms with Crippen molar-refractivity contribution in [1.29, 1.82) is 0 Å². The van der Waals surface area contributed by atoms with E-state index in [1.807, 2.05) is 51.1 Å². The van der Waals surface area contributed by atoms with Crippen LogP contribution in [0.2, 0.25) is 0 Å². The van der Waals surface area contributed by atoms with Crippen LogP contribution in [0.1, 0.15) is 49.2 Å². The Bertz CT molecular complexity index is 736. The molecule has 0 saturated heterocycles. The predicted molar refractivity (Wildman–Crippen MR) is 100 cm³/mol.